The summed E-state index contributed by atoms with van der Waals surface area (Å²) in [5.74, 6) is 4.11. The average Bonchev–Trinajstić information content (AvgIpc) is 3.70. The highest BCUT2D eigenvalue weighted by Gasteiger charge is 2.60. The fourth-order valence-electron chi connectivity index (χ4n) is 10.00. The molecule has 0 aromatic carbocycles. The minimum Gasteiger partial charge on any atom is -0.458 e. The van der Waals surface area contributed by atoms with Crippen LogP contribution >= 0.6 is 11.3 Å². The van der Waals surface area contributed by atoms with Crippen LogP contribution in [-0.2, 0) is 35.1 Å². The minimum absolute atomic E-state index is 0.153. The largest absolute Gasteiger partial charge is 0.458 e. The molecule has 2 bridgehead atoms. The number of thiophene rings is 1. The molecule has 0 radical (unpaired) electrons. The van der Waals surface area contributed by atoms with E-state index in [1.165, 1.54) is 0 Å². The predicted molar refractivity (Wildman–Crippen MR) is 230 cm³/mol. The summed E-state index contributed by atoms with van der Waals surface area (Å²) in [6.07, 6.45) is -0.883. The molecule has 0 saturated carbocycles. The fraction of sp³-hybridized carbons (Fsp3) is 0.667. The predicted octanol–water partition coefficient (Wildman–Crippen LogP) is 5.69. The lowest BCUT2D eigenvalue weighted by atomic mass is 9.66. The molecule has 1 amide bonds. The highest BCUT2D eigenvalue weighted by Crippen LogP contribution is 2.46. The van der Waals surface area contributed by atoms with E-state index in [0.717, 1.165) is 21.3 Å². The lowest BCUT2D eigenvalue weighted by Crippen LogP contribution is -2.58. The van der Waals surface area contributed by atoms with Gasteiger partial charge in [0.05, 0.1) is 29.7 Å². The molecule has 2 aromatic rings. The van der Waals surface area contributed by atoms with Crippen LogP contribution in [0.2, 0.25) is 0 Å². The number of pyridine rings is 1. The van der Waals surface area contributed by atoms with Gasteiger partial charge in [-0.25, -0.2) is 15.2 Å². The number of carbonyl (C=O) groups excluding carboxylic acids is 3. The molecule has 15 heteroatoms. The third-order valence-corrected chi connectivity index (χ3v) is 14.0. The number of likely N-dealkylation sites (N-methyl/N-ethyl adjacent to an activating group) is 1. The molecular weight excluding hydrogens is 785 g/mol. The Morgan fingerprint density at radius 3 is 2.55 bits per heavy atom. The van der Waals surface area contributed by atoms with E-state index < -0.39 is 65.6 Å². The number of hydrazine groups is 1. The number of anilines is 1. The van der Waals surface area contributed by atoms with Gasteiger partial charge in [0.25, 0.3) is 0 Å². The average molecular weight is 849 g/mol. The van der Waals surface area contributed by atoms with Gasteiger partial charge in [-0.05, 0) is 84.3 Å². The van der Waals surface area contributed by atoms with Crippen LogP contribution in [-0.4, -0.2) is 119 Å². The molecule has 3 N–H and O–H groups in total. The van der Waals surface area contributed by atoms with Gasteiger partial charge in [-0.1, -0.05) is 52.5 Å². The molecule has 328 valence electrons. The van der Waals surface area contributed by atoms with Gasteiger partial charge in [-0.3, -0.25) is 19.5 Å². The lowest BCUT2D eigenvalue weighted by molar-refractivity contribution is -0.286. The van der Waals surface area contributed by atoms with Gasteiger partial charge in [0.15, 0.2) is 17.7 Å². The van der Waals surface area contributed by atoms with Gasteiger partial charge in [-0.2, -0.15) is 0 Å². The zero-order valence-electron chi connectivity index (χ0n) is 36.8. The summed E-state index contributed by atoms with van der Waals surface area (Å²) < 4.78 is 25.6. The number of amides is 1. The molecule has 6 heterocycles. The van der Waals surface area contributed by atoms with Crippen molar-refractivity contribution in [1.82, 2.24) is 20.2 Å². The summed E-state index contributed by atoms with van der Waals surface area (Å²) in [4.78, 5) is 57.3. The Bertz CT molecular complexity index is 1930. The molecular formula is C45H64N6O8S. The van der Waals surface area contributed by atoms with E-state index in [4.69, 9.17) is 23.9 Å². The molecule has 2 aromatic heterocycles. The van der Waals surface area contributed by atoms with Crippen LogP contribution < -0.4 is 10.9 Å². The van der Waals surface area contributed by atoms with Gasteiger partial charge in [0.2, 0.25) is 0 Å². The Hall–Kier alpha value is -3.91. The van der Waals surface area contributed by atoms with E-state index in [1.54, 1.807) is 36.3 Å². The van der Waals surface area contributed by atoms with Gasteiger partial charge in [0.1, 0.15) is 23.9 Å². The second-order valence-corrected chi connectivity index (χ2v) is 19.0. The Morgan fingerprint density at radius 2 is 1.85 bits per heavy atom. The molecule has 60 heavy (non-hydrogen) atoms. The van der Waals surface area contributed by atoms with Crippen molar-refractivity contribution in [3.63, 3.8) is 0 Å². The summed E-state index contributed by atoms with van der Waals surface area (Å²) in [6.45, 7) is 16.6. The lowest BCUT2D eigenvalue weighted by Gasteiger charge is -2.47. The van der Waals surface area contributed by atoms with Crippen LogP contribution in [0.25, 0.3) is 0 Å². The number of nitrogens with one attached hydrogen (secondary N) is 2. The maximum Gasteiger partial charge on any atom is 0.410 e. The number of ketones is 1. The first-order chi connectivity index (χ1) is 28.5. The van der Waals surface area contributed by atoms with Crippen LogP contribution in [0.1, 0.15) is 90.8 Å². The quantitative estimate of drug-likeness (QED) is 0.123. The highest BCUT2D eigenvalue weighted by atomic mass is 32.1. The number of esters is 1. The van der Waals surface area contributed by atoms with Crippen molar-refractivity contribution in [2.24, 2.45) is 34.1 Å². The van der Waals surface area contributed by atoms with Gasteiger partial charge in [-0.15, -0.1) is 11.3 Å². The van der Waals surface area contributed by atoms with E-state index >= 15 is 0 Å². The molecule has 4 aliphatic heterocycles. The SMILES string of the molecule is CC[C@@H]1OC(=O)[C@H](C)C(=O)[C@H](C)[C@@H](OC2O[C@H](C)C[C@H](N(C)C)[C@H]2O)[C@@](C)(CC#Cc2ccc(CNNc3ccccn3)s2)C[C@@H](C)C2=NCCN3C(=O)O[C@@]1(C)C3[C@@H]2C. The molecule has 6 rings (SSSR count). The van der Waals surface area contributed by atoms with Crippen LogP contribution in [0.5, 0.6) is 0 Å². The summed E-state index contributed by atoms with van der Waals surface area (Å²) >= 11 is 1.58. The first kappa shape index (κ1) is 45.6. The second-order valence-electron chi connectivity index (χ2n) is 17.9. The number of rotatable bonds is 9. The van der Waals surface area contributed by atoms with Gasteiger partial charge < -0.3 is 34.4 Å². The van der Waals surface area contributed by atoms with Gasteiger partial charge in [0, 0.05) is 59.6 Å². The van der Waals surface area contributed by atoms with Crippen molar-refractivity contribution in [1.29, 1.82) is 0 Å². The number of nitrogens with zero attached hydrogens (tertiary/aromatic N) is 4. The van der Waals surface area contributed by atoms with Crippen molar-refractivity contribution < 1.29 is 38.4 Å². The van der Waals surface area contributed by atoms with Crippen LogP contribution in [0.3, 0.4) is 0 Å². The van der Waals surface area contributed by atoms with Crippen molar-refractivity contribution in [2.75, 3.05) is 32.6 Å². The normalized spacial score (nSPS) is 36.3. The van der Waals surface area contributed by atoms with Gasteiger partial charge >= 0.3 is 12.1 Å². The summed E-state index contributed by atoms with van der Waals surface area (Å²) in [6, 6.07) is 8.98. The smallest absolute Gasteiger partial charge is 0.410 e. The summed E-state index contributed by atoms with van der Waals surface area (Å²) in [7, 11) is 3.84. The third kappa shape index (κ3) is 9.59. The van der Waals surface area contributed by atoms with Crippen LogP contribution in [0.4, 0.5) is 10.6 Å². The number of aliphatic hydroxyl groups excluding tert-OH is 1. The number of hydrogen-bond acceptors (Lipinski definition) is 14. The monoisotopic (exact) mass is 848 g/mol. The van der Waals surface area contributed by atoms with E-state index in [0.29, 0.717) is 45.3 Å². The number of ether oxygens (including phenoxy) is 4. The molecule has 2 unspecified atom stereocenters. The van der Waals surface area contributed by atoms with Crippen LogP contribution in [0, 0.1) is 40.9 Å². The number of aromatic nitrogens is 1. The Morgan fingerprint density at radius 1 is 1.08 bits per heavy atom. The van der Waals surface area contributed by atoms with E-state index in [-0.39, 0.29) is 29.8 Å². The Kier molecular flexibility index (Phi) is 14.4. The summed E-state index contributed by atoms with van der Waals surface area (Å²) in [5.41, 5.74) is 5.22. The number of Topliss-reactive ketones (excluding diaryl/α,β-unsaturated/α-hetero) is 1. The molecule has 14 nitrogen and oxygen atoms in total. The molecule has 3 fully saturated rings. The molecule has 13 atom stereocenters. The zero-order chi connectivity index (χ0) is 43.5. The number of aliphatic imine (C=N–C) groups is 1. The van der Waals surface area contributed by atoms with E-state index in [2.05, 4.69) is 48.4 Å². The topological polar surface area (TPSA) is 164 Å². The second kappa shape index (κ2) is 19.0. The standard InChI is InChI=1S/C45H64N6O8S/c1-11-34-45(8)39-28(4)36(47-21-22-51(39)43(55)59-45)26(2)24-44(7,19-14-15-31-17-18-32(60-31)25-48-49-35-16-12-13-20-46-35)40(29(5)37(52)30(6)41(54)57-34)58-42-38(53)33(50(9)10)23-27(3)56-42/h12-13,16-18,20,26-30,33-34,38-40,42,48,53H,11,19,21-25H2,1-10H3,(H,46,49)/t26-,27-,28-,29+,30-,33+,34+,38-,39?,40-,42?,44+,45-/m1/s1. The molecule has 0 spiro atoms. The van der Waals surface area contributed by atoms with E-state index in [1.807, 2.05) is 70.1 Å². The van der Waals surface area contributed by atoms with Crippen molar-refractivity contribution >= 4 is 40.7 Å². The highest BCUT2D eigenvalue weighted by molar-refractivity contribution is 7.12. The molecule has 3 saturated heterocycles. The first-order valence-electron chi connectivity index (χ1n) is 21.4. The first-order valence-corrected chi connectivity index (χ1v) is 22.2. The fourth-order valence-corrected chi connectivity index (χ4v) is 10.8. The Labute approximate surface area is 359 Å². The third-order valence-electron chi connectivity index (χ3n) is 13.0. The zero-order valence-corrected chi connectivity index (χ0v) is 37.6. The number of aliphatic hydroxyl groups is 1. The maximum atomic E-state index is 14.7. The number of carbonyl (C=O) groups is 3. The van der Waals surface area contributed by atoms with Crippen molar-refractivity contribution in [3.8, 4) is 11.8 Å². The minimum atomic E-state index is -1.18. The number of fused-ring (bicyclic) bond motifs is 1. The maximum absolute atomic E-state index is 14.7. The van der Waals surface area contributed by atoms with E-state index in [9.17, 15) is 19.5 Å². The van der Waals surface area contributed by atoms with Crippen LogP contribution in [0.15, 0.2) is 41.5 Å². The molecule has 4 aliphatic rings. The number of cyclic esters (lactones) is 1. The molecule has 0 aliphatic carbocycles. The van der Waals surface area contributed by atoms with Crippen molar-refractivity contribution in [3.05, 3.63) is 46.3 Å². The Balaban J connectivity index is 1.38. The number of hydrogen-bond donors (Lipinski definition) is 3. The van der Waals surface area contributed by atoms with Crippen molar-refractivity contribution in [2.45, 2.75) is 136 Å². The summed E-state index contributed by atoms with van der Waals surface area (Å²) in [5, 5.41) is 11.7.